The summed E-state index contributed by atoms with van der Waals surface area (Å²) in [5, 5.41) is 5.04. The molecule has 24 heavy (non-hydrogen) atoms. The molecule has 128 valence electrons. The van der Waals surface area contributed by atoms with Gasteiger partial charge in [0.2, 0.25) is 5.89 Å². The minimum atomic E-state index is 0.132. The quantitative estimate of drug-likeness (QED) is 0.831. The first-order valence-corrected chi connectivity index (χ1v) is 9.51. The topological polar surface area (TPSA) is 72.1 Å². The van der Waals surface area contributed by atoms with E-state index >= 15 is 0 Å². The summed E-state index contributed by atoms with van der Waals surface area (Å²) < 4.78 is 5.32. The molecule has 6 nitrogen and oxygen atoms in total. The standard InChI is InChI=1S/C17H22N4O2S/c1-10-15(24-11(2)18-10)17(22)21-9-3-4-13(21)7-8-14-19-16(23-20-14)12-5-6-12/h12-13H,3-9H2,1-2H3. The molecular weight excluding hydrogens is 324 g/mol. The van der Waals surface area contributed by atoms with Crippen LogP contribution in [0.5, 0.6) is 0 Å². The van der Waals surface area contributed by atoms with E-state index in [1.807, 2.05) is 18.7 Å². The van der Waals surface area contributed by atoms with E-state index in [1.54, 1.807) is 0 Å². The summed E-state index contributed by atoms with van der Waals surface area (Å²) in [6, 6.07) is 0.266. The van der Waals surface area contributed by atoms with Crippen LogP contribution in [0.4, 0.5) is 0 Å². The predicted octanol–water partition coefficient (Wildman–Crippen LogP) is 3.26. The van der Waals surface area contributed by atoms with E-state index in [-0.39, 0.29) is 11.9 Å². The Kier molecular flexibility index (Phi) is 4.12. The summed E-state index contributed by atoms with van der Waals surface area (Å²) in [5.41, 5.74) is 0.848. The molecule has 0 aromatic carbocycles. The van der Waals surface area contributed by atoms with Gasteiger partial charge in [0.1, 0.15) is 4.88 Å². The van der Waals surface area contributed by atoms with E-state index < -0.39 is 0 Å². The number of thiazole rings is 1. The second-order valence-corrected chi connectivity index (χ2v) is 8.01. The summed E-state index contributed by atoms with van der Waals surface area (Å²) in [7, 11) is 0. The Morgan fingerprint density at radius 1 is 1.29 bits per heavy atom. The van der Waals surface area contributed by atoms with Gasteiger partial charge >= 0.3 is 0 Å². The summed E-state index contributed by atoms with van der Waals surface area (Å²) in [6.45, 7) is 4.70. The number of rotatable bonds is 5. The van der Waals surface area contributed by atoms with Gasteiger partial charge in [-0.25, -0.2) is 4.98 Å². The maximum Gasteiger partial charge on any atom is 0.266 e. The van der Waals surface area contributed by atoms with Gasteiger partial charge in [-0.2, -0.15) is 4.98 Å². The number of aromatic nitrogens is 3. The molecule has 2 aromatic rings. The van der Waals surface area contributed by atoms with E-state index in [9.17, 15) is 4.79 Å². The molecule has 0 radical (unpaired) electrons. The summed E-state index contributed by atoms with van der Waals surface area (Å²) in [5.74, 6) is 2.20. The maximum absolute atomic E-state index is 12.9. The van der Waals surface area contributed by atoms with E-state index in [1.165, 1.54) is 24.2 Å². The van der Waals surface area contributed by atoms with Crippen molar-refractivity contribution in [3.05, 3.63) is 27.3 Å². The van der Waals surface area contributed by atoms with Gasteiger partial charge in [0.05, 0.1) is 10.7 Å². The van der Waals surface area contributed by atoms with Crippen molar-refractivity contribution < 1.29 is 9.32 Å². The van der Waals surface area contributed by atoms with Gasteiger partial charge < -0.3 is 9.42 Å². The average Bonchev–Trinajstić information content (AvgIpc) is 2.97. The fourth-order valence-electron chi connectivity index (χ4n) is 3.42. The highest BCUT2D eigenvalue weighted by Gasteiger charge is 2.32. The lowest BCUT2D eigenvalue weighted by Crippen LogP contribution is -2.35. The second-order valence-electron chi connectivity index (χ2n) is 6.80. The minimum absolute atomic E-state index is 0.132. The molecule has 7 heteroatoms. The van der Waals surface area contributed by atoms with Gasteiger partial charge in [-0.15, -0.1) is 11.3 Å². The molecule has 1 unspecified atom stereocenters. The summed E-state index contributed by atoms with van der Waals surface area (Å²) in [4.78, 5) is 24.5. The molecule has 1 aliphatic carbocycles. The third kappa shape index (κ3) is 3.09. The molecule has 1 saturated carbocycles. The molecule has 0 bridgehead atoms. The van der Waals surface area contributed by atoms with Gasteiger partial charge in [0.25, 0.3) is 5.91 Å². The Balaban J connectivity index is 1.40. The SMILES string of the molecule is Cc1nc(C)c(C(=O)N2CCCC2CCc2noc(C3CC3)n2)s1. The highest BCUT2D eigenvalue weighted by Crippen LogP contribution is 2.39. The van der Waals surface area contributed by atoms with Crippen LogP contribution in [0.1, 0.15) is 70.1 Å². The van der Waals surface area contributed by atoms with Crippen molar-refractivity contribution in [1.82, 2.24) is 20.0 Å². The van der Waals surface area contributed by atoms with Crippen molar-refractivity contribution in [2.24, 2.45) is 0 Å². The van der Waals surface area contributed by atoms with Crippen molar-refractivity contribution in [1.29, 1.82) is 0 Å². The van der Waals surface area contributed by atoms with Gasteiger partial charge in [-0.3, -0.25) is 4.79 Å². The zero-order chi connectivity index (χ0) is 16.7. The molecule has 1 atom stereocenters. The zero-order valence-electron chi connectivity index (χ0n) is 14.1. The first-order chi connectivity index (χ1) is 11.6. The second kappa shape index (κ2) is 6.27. The van der Waals surface area contributed by atoms with Crippen LogP contribution in [0.2, 0.25) is 0 Å². The van der Waals surface area contributed by atoms with Gasteiger partial charge in [-0.05, 0) is 46.0 Å². The van der Waals surface area contributed by atoms with Gasteiger partial charge in [-0.1, -0.05) is 5.16 Å². The van der Waals surface area contributed by atoms with Crippen molar-refractivity contribution in [2.75, 3.05) is 6.54 Å². The monoisotopic (exact) mass is 346 g/mol. The average molecular weight is 346 g/mol. The van der Waals surface area contributed by atoms with E-state index in [4.69, 9.17) is 4.52 Å². The summed E-state index contributed by atoms with van der Waals surface area (Å²) in [6.07, 6.45) is 6.11. The van der Waals surface area contributed by atoms with Crippen LogP contribution in [-0.4, -0.2) is 38.5 Å². The van der Waals surface area contributed by atoms with Crippen LogP contribution in [0.25, 0.3) is 0 Å². The Morgan fingerprint density at radius 3 is 2.83 bits per heavy atom. The van der Waals surface area contributed by atoms with Crippen molar-refractivity contribution in [3.8, 4) is 0 Å². The third-order valence-corrected chi connectivity index (χ3v) is 5.91. The number of aryl methyl sites for hydroxylation is 3. The number of carbonyl (C=O) groups excluding carboxylic acids is 1. The number of nitrogens with zero attached hydrogens (tertiary/aromatic N) is 4. The Morgan fingerprint density at radius 2 is 2.12 bits per heavy atom. The molecule has 1 amide bonds. The normalized spacial score (nSPS) is 20.8. The lowest BCUT2D eigenvalue weighted by molar-refractivity contribution is 0.0734. The smallest absolute Gasteiger partial charge is 0.266 e. The van der Waals surface area contributed by atoms with E-state index in [0.29, 0.717) is 5.92 Å². The maximum atomic E-state index is 12.9. The molecule has 0 N–H and O–H groups in total. The molecule has 0 spiro atoms. The van der Waals surface area contributed by atoms with Crippen molar-refractivity contribution in [2.45, 2.75) is 64.3 Å². The summed E-state index contributed by atoms with van der Waals surface area (Å²) >= 11 is 1.50. The molecular formula is C17H22N4O2S. The van der Waals surface area contributed by atoms with E-state index in [0.717, 1.165) is 59.5 Å². The fourth-order valence-corrected chi connectivity index (χ4v) is 4.30. The van der Waals surface area contributed by atoms with Gasteiger partial charge in [0.15, 0.2) is 5.82 Å². The first kappa shape index (κ1) is 15.7. The molecule has 2 fully saturated rings. The minimum Gasteiger partial charge on any atom is -0.339 e. The third-order valence-electron chi connectivity index (χ3n) is 4.85. The molecule has 1 saturated heterocycles. The van der Waals surface area contributed by atoms with E-state index in [2.05, 4.69) is 15.1 Å². The molecule has 1 aliphatic heterocycles. The van der Waals surface area contributed by atoms with Crippen molar-refractivity contribution in [3.63, 3.8) is 0 Å². The van der Waals surface area contributed by atoms with Gasteiger partial charge in [0, 0.05) is 24.9 Å². The highest BCUT2D eigenvalue weighted by atomic mass is 32.1. The van der Waals surface area contributed by atoms with Crippen LogP contribution in [0.15, 0.2) is 4.52 Å². The number of hydrogen-bond donors (Lipinski definition) is 0. The predicted molar refractivity (Wildman–Crippen MR) is 90.2 cm³/mol. The Labute approximate surface area is 145 Å². The molecule has 2 aliphatic rings. The lowest BCUT2D eigenvalue weighted by Gasteiger charge is -2.24. The molecule has 2 aromatic heterocycles. The van der Waals surface area contributed by atoms with Crippen LogP contribution >= 0.6 is 11.3 Å². The number of amides is 1. The van der Waals surface area contributed by atoms with Crippen LogP contribution in [0.3, 0.4) is 0 Å². The molecule has 3 heterocycles. The largest absolute Gasteiger partial charge is 0.339 e. The van der Waals surface area contributed by atoms with Crippen molar-refractivity contribution >= 4 is 17.2 Å². The van der Waals surface area contributed by atoms with Crippen LogP contribution in [0, 0.1) is 13.8 Å². The molecule has 4 rings (SSSR count). The highest BCUT2D eigenvalue weighted by molar-refractivity contribution is 7.13. The first-order valence-electron chi connectivity index (χ1n) is 8.69. The number of likely N-dealkylation sites (tertiary alicyclic amines) is 1. The van der Waals surface area contributed by atoms with Crippen LogP contribution in [-0.2, 0) is 6.42 Å². The van der Waals surface area contributed by atoms with Crippen LogP contribution < -0.4 is 0 Å². The Bertz CT molecular complexity index is 750. The fraction of sp³-hybridized carbons (Fsp3) is 0.647. The number of carbonyl (C=O) groups is 1. The number of hydrogen-bond acceptors (Lipinski definition) is 6. The lowest BCUT2D eigenvalue weighted by atomic mass is 10.1. The Hall–Kier alpha value is -1.76. The zero-order valence-corrected chi connectivity index (χ0v) is 14.9.